The van der Waals surface area contributed by atoms with Crippen LogP contribution in [-0.2, 0) is 0 Å². The second-order valence-corrected chi connectivity index (χ2v) is 6.56. The molecule has 4 aromatic rings. The van der Waals surface area contributed by atoms with E-state index in [0.717, 1.165) is 6.67 Å². The molecule has 122 valence electrons. The summed E-state index contributed by atoms with van der Waals surface area (Å²) in [4.78, 5) is 4.44. The maximum Gasteiger partial charge on any atom is 0.0938 e. The molecule has 25 heavy (non-hydrogen) atoms. The van der Waals surface area contributed by atoms with Crippen molar-refractivity contribution in [2.45, 2.75) is 0 Å². The third-order valence-corrected chi connectivity index (χ3v) is 4.88. The average Bonchev–Trinajstić information content (AvgIpc) is 3.23. The molecule has 0 radical (unpaired) electrons. The van der Waals surface area contributed by atoms with Crippen LogP contribution in [0.1, 0.15) is 0 Å². The zero-order valence-corrected chi connectivity index (χ0v) is 14.1. The highest BCUT2D eigenvalue weighted by Gasteiger charge is 2.14. The third kappa shape index (κ3) is 2.20. The molecule has 0 saturated heterocycles. The summed E-state index contributed by atoms with van der Waals surface area (Å²) < 4.78 is 2.36. The molecular formula is C22H19N3. The number of nitrogens with zero attached hydrogens (tertiary/aromatic N) is 3. The molecular weight excluding hydrogens is 306 g/mol. The molecule has 0 fully saturated rings. The van der Waals surface area contributed by atoms with Gasteiger partial charge in [-0.15, -0.1) is 0 Å². The van der Waals surface area contributed by atoms with E-state index in [-0.39, 0.29) is 0 Å². The van der Waals surface area contributed by atoms with Crippen LogP contribution < -0.4 is 4.90 Å². The summed E-state index contributed by atoms with van der Waals surface area (Å²) in [6.07, 6.45) is 4.23. The Balaban J connectivity index is 1.74. The summed E-state index contributed by atoms with van der Waals surface area (Å²) in [5.41, 5.74) is 4.89. The topological polar surface area (TPSA) is 11.4 Å². The van der Waals surface area contributed by atoms with Gasteiger partial charge in [-0.1, -0.05) is 42.5 Å². The Bertz CT molecular complexity index is 1050. The fraction of sp³-hybridized carbons (Fsp3) is 0.0909. The molecule has 0 spiro atoms. The zero-order valence-electron chi connectivity index (χ0n) is 14.1. The predicted molar refractivity (Wildman–Crippen MR) is 105 cm³/mol. The van der Waals surface area contributed by atoms with E-state index in [9.17, 15) is 0 Å². The van der Waals surface area contributed by atoms with Crippen LogP contribution in [-0.4, -0.2) is 23.2 Å². The third-order valence-electron chi connectivity index (χ3n) is 4.88. The number of hydrogen-bond donors (Lipinski definition) is 0. The van der Waals surface area contributed by atoms with Crippen molar-refractivity contribution in [3.05, 3.63) is 85.2 Å². The SMILES string of the molecule is CN1C=CN(c2cccc(-n3c4ccccc4c4ccccc43)c2)C1. The normalized spacial score (nSPS) is 14.1. The highest BCUT2D eigenvalue weighted by atomic mass is 15.3. The highest BCUT2D eigenvalue weighted by Crippen LogP contribution is 2.33. The fourth-order valence-corrected chi connectivity index (χ4v) is 3.71. The molecule has 1 aliphatic rings. The van der Waals surface area contributed by atoms with Crippen molar-refractivity contribution in [2.24, 2.45) is 0 Å². The van der Waals surface area contributed by atoms with Crippen molar-refractivity contribution in [3.63, 3.8) is 0 Å². The van der Waals surface area contributed by atoms with Crippen LogP contribution in [0.3, 0.4) is 0 Å². The van der Waals surface area contributed by atoms with E-state index in [1.54, 1.807) is 0 Å². The van der Waals surface area contributed by atoms with E-state index in [4.69, 9.17) is 0 Å². The van der Waals surface area contributed by atoms with Gasteiger partial charge in [0.1, 0.15) is 0 Å². The van der Waals surface area contributed by atoms with Gasteiger partial charge >= 0.3 is 0 Å². The lowest BCUT2D eigenvalue weighted by Gasteiger charge is -2.19. The van der Waals surface area contributed by atoms with Gasteiger partial charge in [0.05, 0.1) is 17.7 Å². The van der Waals surface area contributed by atoms with Crippen LogP contribution in [0.2, 0.25) is 0 Å². The van der Waals surface area contributed by atoms with E-state index in [1.165, 1.54) is 33.2 Å². The lowest BCUT2D eigenvalue weighted by atomic mass is 10.2. The largest absolute Gasteiger partial charge is 0.361 e. The van der Waals surface area contributed by atoms with Crippen LogP contribution in [0.4, 0.5) is 5.69 Å². The Labute approximate surface area is 147 Å². The molecule has 3 heteroatoms. The minimum atomic E-state index is 0.886. The summed E-state index contributed by atoms with van der Waals surface area (Å²) in [5.74, 6) is 0. The maximum absolute atomic E-state index is 2.36. The smallest absolute Gasteiger partial charge is 0.0938 e. The molecule has 0 amide bonds. The van der Waals surface area contributed by atoms with Gasteiger partial charge in [-0.05, 0) is 30.3 Å². The molecule has 5 rings (SSSR count). The number of anilines is 1. The minimum Gasteiger partial charge on any atom is -0.361 e. The van der Waals surface area contributed by atoms with E-state index < -0.39 is 0 Å². The van der Waals surface area contributed by atoms with E-state index in [2.05, 4.69) is 107 Å². The maximum atomic E-state index is 2.36. The molecule has 0 bridgehead atoms. The number of hydrogen-bond acceptors (Lipinski definition) is 2. The van der Waals surface area contributed by atoms with Crippen LogP contribution in [0, 0.1) is 0 Å². The summed E-state index contributed by atoms with van der Waals surface area (Å²) in [7, 11) is 2.09. The van der Waals surface area contributed by atoms with Crippen molar-refractivity contribution >= 4 is 27.5 Å². The minimum absolute atomic E-state index is 0.886. The number of fused-ring (bicyclic) bond motifs is 3. The summed E-state index contributed by atoms with van der Waals surface area (Å²) >= 11 is 0. The van der Waals surface area contributed by atoms with Gasteiger partial charge in [-0.2, -0.15) is 0 Å². The summed E-state index contributed by atoms with van der Waals surface area (Å²) in [5, 5.41) is 2.59. The van der Waals surface area contributed by atoms with Crippen molar-refractivity contribution in [1.29, 1.82) is 0 Å². The molecule has 0 saturated carbocycles. The summed E-state index contributed by atoms with van der Waals surface area (Å²) in [6, 6.07) is 26.0. The van der Waals surface area contributed by atoms with Crippen LogP contribution >= 0.6 is 0 Å². The lowest BCUT2D eigenvalue weighted by Crippen LogP contribution is -2.21. The second-order valence-electron chi connectivity index (χ2n) is 6.56. The molecule has 0 N–H and O–H groups in total. The van der Waals surface area contributed by atoms with Gasteiger partial charge in [0.15, 0.2) is 0 Å². The van der Waals surface area contributed by atoms with Crippen molar-refractivity contribution in [3.8, 4) is 5.69 Å². The van der Waals surface area contributed by atoms with Gasteiger partial charge in [0.25, 0.3) is 0 Å². The molecule has 1 aliphatic heterocycles. The fourth-order valence-electron chi connectivity index (χ4n) is 3.71. The highest BCUT2D eigenvalue weighted by molar-refractivity contribution is 6.09. The number of rotatable bonds is 2. The Hall–Kier alpha value is -3.20. The van der Waals surface area contributed by atoms with Crippen molar-refractivity contribution in [1.82, 2.24) is 9.47 Å². The number of benzene rings is 3. The molecule has 0 aliphatic carbocycles. The van der Waals surface area contributed by atoms with E-state index in [0.29, 0.717) is 0 Å². The summed E-state index contributed by atoms with van der Waals surface area (Å²) in [6.45, 7) is 0.886. The van der Waals surface area contributed by atoms with Gasteiger partial charge < -0.3 is 14.4 Å². The lowest BCUT2D eigenvalue weighted by molar-refractivity contribution is 0.496. The first-order valence-corrected chi connectivity index (χ1v) is 8.55. The molecule has 0 unspecified atom stereocenters. The first kappa shape index (κ1) is 14.2. The van der Waals surface area contributed by atoms with Crippen molar-refractivity contribution < 1.29 is 0 Å². The number of aromatic nitrogens is 1. The van der Waals surface area contributed by atoms with Crippen LogP contribution in [0.15, 0.2) is 85.2 Å². The molecule has 2 heterocycles. The predicted octanol–water partition coefficient (Wildman–Crippen LogP) is 4.96. The van der Waals surface area contributed by atoms with Gasteiger partial charge in [-0.3, -0.25) is 0 Å². The average molecular weight is 325 g/mol. The molecule has 1 aromatic heterocycles. The monoisotopic (exact) mass is 325 g/mol. The van der Waals surface area contributed by atoms with Gasteiger partial charge in [0.2, 0.25) is 0 Å². The van der Waals surface area contributed by atoms with Crippen molar-refractivity contribution in [2.75, 3.05) is 18.6 Å². The first-order valence-electron chi connectivity index (χ1n) is 8.55. The Morgan fingerprint density at radius 3 is 1.96 bits per heavy atom. The Morgan fingerprint density at radius 1 is 0.680 bits per heavy atom. The van der Waals surface area contributed by atoms with Crippen LogP contribution in [0.5, 0.6) is 0 Å². The van der Waals surface area contributed by atoms with E-state index in [1.807, 2.05) is 0 Å². The van der Waals surface area contributed by atoms with Gasteiger partial charge in [-0.25, -0.2) is 0 Å². The first-order chi connectivity index (χ1) is 12.3. The number of para-hydroxylation sites is 2. The van der Waals surface area contributed by atoms with E-state index >= 15 is 0 Å². The van der Waals surface area contributed by atoms with Gasteiger partial charge in [0, 0.05) is 41.6 Å². The van der Waals surface area contributed by atoms with Crippen LogP contribution in [0.25, 0.3) is 27.5 Å². The zero-order chi connectivity index (χ0) is 16.8. The second kappa shape index (κ2) is 5.42. The quantitative estimate of drug-likeness (QED) is 0.516. The Kier molecular flexibility index (Phi) is 3.07. The standard InChI is InChI=1S/C22H19N3/c1-23-13-14-24(16-23)17-7-6-8-18(15-17)25-21-11-4-2-9-19(21)20-10-3-5-12-22(20)25/h2-15H,16H2,1H3. The molecule has 0 atom stereocenters. The molecule has 3 nitrogen and oxygen atoms in total. The molecule has 3 aromatic carbocycles. The Morgan fingerprint density at radius 2 is 1.32 bits per heavy atom.